The predicted molar refractivity (Wildman–Crippen MR) is 105 cm³/mol. The fourth-order valence-corrected chi connectivity index (χ4v) is 3.29. The third-order valence-electron chi connectivity index (χ3n) is 4.08. The minimum atomic E-state index is -0.138. The summed E-state index contributed by atoms with van der Waals surface area (Å²) in [4.78, 5) is 12.3. The van der Waals surface area contributed by atoms with Crippen molar-refractivity contribution in [2.45, 2.75) is 25.0 Å². The molecule has 27 heavy (non-hydrogen) atoms. The van der Waals surface area contributed by atoms with Crippen molar-refractivity contribution < 1.29 is 4.79 Å². The molecule has 1 unspecified atom stereocenters. The molecule has 6 nitrogen and oxygen atoms in total. The quantitative estimate of drug-likeness (QED) is 0.666. The van der Waals surface area contributed by atoms with Crippen molar-refractivity contribution in [1.29, 1.82) is 5.26 Å². The fourth-order valence-electron chi connectivity index (χ4n) is 2.55. The van der Waals surface area contributed by atoms with E-state index in [9.17, 15) is 4.79 Å². The van der Waals surface area contributed by atoms with E-state index in [1.165, 1.54) is 17.3 Å². The standard InChI is InChI=1S/C20H19N5OS/c1-14-3-9-18(10-4-14)25-13-22-24-20(25)27-12-19(26)23-15(2)17-7-5-16(11-21)6-8-17/h3-10,13,15H,12H2,1-2H3,(H,23,26). The van der Waals surface area contributed by atoms with Crippen LogP contribution in [0.15, 0.2) is 60.0 Å². The van der Waals surface area contributed by atoms with Crippen molar-refractivity contribution in [2.24, 2.45) is 0 Å². The van der Waals surface area contributed by atoms with Gasteiger partial charge in [-0.05, 0) is 43.7 Å². The molecule has 1 atom stereocenters. The smallest absolute Gasteiger partial charge is 0.230 e. The van der Waals surface area contributed by atoms with E-state index < -0.39 is 0 Å². The number of aryl methyl sites for hydroxylation is 1. The number of amides is 1. The summed E-state index contributed by atoms with van der Waals surface area (Å²) >= 11 is 1.34. The second kappa shape index (κ2) is 8.52. The maximum Gasteiger partial charge on any atom is 0.230 e. The highest BCUT2D eigenvalue weighted by Crippen LogP contribution is 2.20. The molecule has 0 aliphatic rings. The normalized spacial score (nSPS) is 11.6. The predicted octanol–water partition coefficient (Wildman–Crippen LogP) is 3.42. The van der Waals surface area contributed by atoms with Crippen molar-refractivity contribution in [3.63, 3.8) is 0 Å². The van der Waals surface area contributed by atoms with Crippen LogP contribution in [-0.2, 0) is 4.79 Å². The number of carbonyl (C=O) groups is 1. The maximum atomic E-state index is 12.3. The van der Waals surface area contributed by atoms with Gasteiger partial charge in [0.25, 0.3) is 0 Å². The van der Waals surface area contributed by atoms with Gasteiger partial charge in [-0.1, -0.05) is 41.6 Å². The highest BCUT2D eigenvalue weighted by atomic mass is 32.2. The Bertz CT molecular complexity index is 957. The molecule has 2 aromatic carbocycles. The first-order chi connectivity index (χ1) is 13.1. The lowest BCUT2D eigenvalue weighted by atomic mass is 10.1. The molecule has 7 heteroatoms. The Balaban J connectivity index is 1.59. The lowest BCUT2D eigenvalue weighted by molar-refractivity contribution is -0.119. The number of hydrogen-bond donors (Lipinski definition) is 1. The van der Waals surface area contributed by atoms with Crippen molar-refractivity contribution in [3.8, 4) is 11.8 Å². The Hall–Kier alpha value is -3.11. The van der Waals surface area contributed by atoms with Gasteiger partial charge < -0.3 is 5.32 Å². The zero-order valence-corrected chi connectivity index (χ0v) is 15.9. The Morgan fingerprint density at radius 1 is 1.22 bits per heavy atom. The number of thioether (sulfide) groups is 1. The topological polar surface area (TPSA) is 83.6 Å². The van der Waals surface area contributed by atoms with Crippen LogP contribution in [0.25, 0.3) is 5.69 Å². The number of nitrogens with one attached hydrogen (secondary N) is 1. The summed E-state index contributed by atoms with van der Waals surface area (Å²) in [5.41, 5.74) is 3.69. The van der Waals surface area contributed by atoms with E-state index in [0.717, 1.165) is 11.3 Å². The molecule has 0 saturated carbocycles. The summed E-state index contributed by atoms with van der Waals surface area (Å²) in [6, 6.07) is 17.2. The van der Waals surface area contributed by atoms with Crippen LogP contribution in [-0.4, -0.2) is 26.4 Å². The summed E-state index contributed by atoms with van der Waals surface area (Å²) in [5, 5.41) is 20.6. The molecule has 0 spiro atoms. The molecule has 1 N–H and O–H groups in total. The van der Waals surface area contributed by atoms with Crippen LogP contribution in [0.2, 0.25) is 0 Å². The zero-order chi connectivity index (χ0) is 19.2. The first-order valence-electron chi connectivity index (χ1n) is 8.46. The second-order valence-electron chi connectivity index (χ2n) is 6.13. The third kappa shape index (κ3) is 4.74. The summed E-state index contributed by atoms with van der Waals surface area (Å²) in [6.07, 6.45) is 1.64. The Morgan fingerprint density at radius 3 is 2.59 bits per heavy atom. The van der Waals surface area contributed by atoms with Gasteiger partial charge >= 0.3 is 0 Å². The van der Waals surface area contributed by atoms with Gasteiger partial charge in [0.1, 0.15) is 6.33 Å². The maximum absolute atomic E-state index is 12.3. The Morgan fingerprint density at radius 2 is 1.93 bits per heavy atom. The van der Waals surface area contributed by atoms with E-state index in [1.807, 2.05) is 54.8 Å². The van der Waals surface area contributed by atoms with E-state index in [4.69, 9.17) is 5.26 Å². The average molecular weight is 377 g/mol. The van der Waals surface area contributed by atoms with Gasteiger partial charge in [-0.2, -0.15) is 5.26 Å². The second-order valence-corrected chi connectivity index (χ2v) is 7.07. The number of benzene rings is 2. The van der Waals surface area contributed by atoms with Gasteiger partial charge in [-0.25, -0.2) is 0 Å². The van der Waals surface area contributed by atoms with Crippen molar-refractivity contribution >= 4 is 17.7 Å². The molecule has 3 rings (SSSR count). The van der Waals surface area contributed by atoms with Gasteiger partial charge in [-0.3, -0.25) is 9.36 Å². The van der Waals surface area contributed by atoms with Gasteiger partial charge in [-0.15, -0.1) is 10.2 Å². The van der Waals surface area contributed by atoms with E-state index in [2.05, 4.69) is 21.6 Å². The molecule has 1 heterocycles. The van der Waals surface area contributed by atoms with Crippen molar-refractivity contribution in [1.82, 2.24) is 20.1 Å². The Kier molecular flexibility index (Phi) is 5.89. The molecular weight excluding hydrogens is 358 g/mol. The van der Waals surface area contributed by atoms with Crippen LogP contribution in [0.3, 0.4) is 0 Å². The van der Waals surface area contributed by atoms with Crippen molar-refractivity contribution in [2.75, 3.05) is 5.75 Å². The monoisotopic (exact) mass is 377 g/mol. The van der Waals surface area contributed by atoms with Crippen LogP contribution in [0.1, 0.15) is 29.7 Å². The third-order valence-corrected chi connectivity index (χ3v) is 5.02. The fraction of sp³-hybridized carbons (Fsp3) is 0.200. The van der Waals surface area contributed by atoms with Crippen LogP contribution in [0.5, 0.6) is 0 Å². The molecule has 0 radical (unpaired) electrons. The Labute approximate surface area is 162 Å². The SMILES string of the molecule is Cc1ccc(-n2cnnc2SCC(=O)NC(C)c2ccc(C#N)cc2)cc1. The van der Waals surface area contributed by atoms with Crippen LogP contribution >= 0.6 is 11.8 Å². The van der Waals surface area contributed by atoms with E-state index >= 15 is 0 Å². The minimum absolute atomic E-state index is 0.0877. The van der Waals surface area contributed by atoms with Crippen LogP contribution in [0, 0.1) is 18.3 Å². The molecule has 1 aromatic heterocycles. The molecule has 0 fully saturated rings. The zero-order valence-electron chi connectivity index (χ0n) is 15.1. The first-order valence-corrected chi connectivity index (χ1v) is 9.44. The molecule has 0 aliphatic carbocycles. The van der Waals surface area contributed by atoms with Crippen molar-refractivity contribution in [3.05, 3.63) is 71.5 Å². The molecule has 3 aromatic rings. The summed E-state index contributed by atoms with van der Waals surface area (Å²) in [6.45, 7) is 3.95. The van der Waals surface area contributed by atoms with Gasteiger partial charge in [0, 0.05) is 5.69 Å². The molecule has 1 amide bonds. The summed E-state index contributed by atoms with van der Waals surface area (Å²) in [7, 11) is 0. The van der Waals surface area contributed by atoms with Gasteiger partial charge in [0.05, 0.1) is 23.4 Å². The first kappa shape index (κ1) is 18.7. The number of nitrogens with zero attached hydrogens (tertiary/aromatic N) is 4. The lowest BCUT2D eigenvalue weighted by Gasteiger charge is -2.14. The average Bonchev–Trinajstić information content (AvgIpc) is 3.15. The van der Waals surface area contributed by atoms with E-state index in [1.54, 1.807) is 18.5 Å². The summed E-state index contributed by atoms with van der Waals surface area (Å²) in [5.74, 6) is 0.154. The molecule has 0 bridgehead atoms. The lowest BCUT2D eigenvalue weighted by Crippen LogP contribution is -2.28. The molecule has 0 aliphatic heterocycles. The number of rotatable bonds is 6. The van der Waals surface area contributed by atoms with Crippen LogP contribution in [0.4, 0.5) is 0 Å². The number of hydrogen-bond acceptors (Lipinski definition) is 5. The van der Waals surface area contributed by atoms with Crippen LogP contribution < -0.4 is 5.32 Å². The summed E-state index contributed by atoms with van der Waals surface area (Å²) < 4.78 is 1.86. The molecule has 0 saturated heterocycles. The van der Waals surface area contributed by atoms with E-state index in [0.29, 0.717) is 10.7 Å². The minimum Gasteiger partial charge on any atom is -0.349 e. The molecule has 136 valence electrons. The number of carbonyl (C=O) groups excluding carboxylic acids is 1. The largest absolute Gasteiger partial charge is 0.349 e. The van der Waals surface area contributed by atoms with E-state index in [-0.39, 0.29) is 17.7 Å². The number of nitriles is 1. The highest BCUT2D eigenvalue weighted by Gasteiger charge is 2.13. The molecular formula is C20H19N5OS. The van der Waals surface area contributed by atoms with Gasteiger partial charge in [0.15, 0.2) is 5.16 Å². The van der Waals surface area contributed by atoms with Gasteiger partial charge in [0.2, 0.25) is 5.91 Å². The number of aromatic nitrogens is 3. The highest BCUT2D eigenvalue weighted by molar-refractivity contribution is 7.99.